The van der Waals surface area contributed by atoms with Gasteiger partial charge in [0.25, 0.3) is 11.6 Å². The highest BCUT2D eigenvalue weighted by atomic mass is 35.5. The third kappa shape index (κ3) is 4.94. The molecule has 2 heterocycles. The summed E-state index contributed by atoms with van der Waals surface area (Å²) < 4.78 is 0. The summed E-state index contributed by atoms with van der Waals surface area (Å²) in [6, 6.07) is 12.7. The smallest absolute Gasteiger partial charge is 0.270 e. The van der Waals surface area contributed by atoms with Crippen LogP contribution in [-0.4, -0.2) is 33.9 Å². The highest BCUT2D eigenvalue weighted by Crippen LogP contribution is 2.25. The molecule has 0 spiro atoms. The Bertz CT molecular complexity index is 1160. The summed E-state index contributed by atoms with van der Waals surface area (Å²) in [7, 11) is 0. The minimum Gasteiger partial charge on any atom is -0.341 e. The van der Waals surface area contributed by atoms with Crippen molar-refractivity contribution in [1.82, 2.24) is 9.97 Å². The van der Waals surface area contributed by atoms with Crippen LogP contribution in [0.25, 0.3) is 0 Å². The molecule has 1 aromatic heterocycles. The molecule has 10 heteroatoms. The summed E-state index contributed by atoms with van der Waals surface area (Å²) in [6.07, 6.45) is 2.30. The van der Waals surface area contributed by atoms with Gasteiger partial charge in [-0.05, 0) is 50.1 Å². The van der Waals surface area contributed by atoms with Gasteiger partial charge in [-0.3, -0.25) is 14.9 Å². The molecule has 2 aromatic carbocycles. The van der Waals surface area contributed by atoms with Crippen LogP contribution in [0.3, 0.4) is 0 Å². The van der Waals surface area contributed by atoms with Crippen LogP contribution in [0.4, 0.5) is 28.8 Å². The van der Waals surface area contributed by atoms with Crippen molar-refractivity contribution in [3.8, 4) is 0 Å². The van der Waals surface area contributed by atoms with Gasteiger partial charge in [0.15, 0.2) is 0 Å². The van der Waals surface area contributed by atoms with Crippen molar-refractivity contribution in [3.05, 3.63) is 74.9 Å². The molecular formula is C22H21ClN6O3. The number of amides is 1. The third-order valence-corrected chi connectivity index (χ3v) is 5.37. The van der Waals surface area contributed by atoms with Crippen molar-refractivity contribution in [3.63, 3.8) is 0 Å². The number of nitrogens with zero attached hydrogens (tertiary/aromatic N) is 4. The molecule has 3 aromatic rings. The Hall–Kier alpha value is -3.72. The van der Waals surface area contributed by atoms with E-state index in [0.29, 0.717) is 11.5 Å². The van der Waals surface area contributed by atoms with Crippen LogP contribution in [0, 0.1) is 17.0 Å². The number of anilines is 4. The molecule has 1 fully saturated rings. The predicted octanol–water partition coefficient (Wildman–Crippen LogP) is 4.94. The van der Waals surface area contributed by atoms with Gasteiger partial charge in [0, 0.05) is 48.4 Å². The first kappa shape index (κ1) is 21.5. The number of aromatic nitrogens is 2. The molecule has 32 heavy (non-hydrogen) atoms. The molecule has 0 atom stereocenters. The van der Waals surface area contributed by atoms with Gasteiger partial charge in [0.1, 0.15) is 5.82 Å². The molecular weight excluding hydrogens is 432 g/mol. The third-order valence-electron chi connectivity index (χ3n) is 5.05. The summed E-state index contributed by atoms with van der Waals surface area (Å²) in [6.45, 7) is 3.88. The van der Waals surface area contributed by atoms with Crippen LogP contribution >= 0.6 is 11.6 Å². The Morgan fingerprint density at radius 2 is 1.75 bits per heavy atom. The zero-order chi connectivity index (χ0) is 22.7. The van der Waals surface area contributed by atoms with Crippen LogP contribution < -0.4 is 15.5 Å². The van der Waals surface area contributed by atoms with E-state index >= 15 is 0 Å². The summed E-state index contributed by atoms with van der Waals surface area (Å²) in [4.78, 5) is 34.1. The molecule has 1 aliphatic rings. The molecule has 0 bridgehead atoms. The molecule has 1 saturated heterocycles. The van der Waals surface area contributed by atoms with E-state index in [0.717, 1.165) is 49.3 Å². The second-order valence-electron chi connectivity index (χ2n) is 7.47. The molecule has 1 aliphatic heterocycles. The summed E-state index contributed by atoms with van der Waals surface area (Å²) in [5, 5.41) is 16.9. The Kier molecular flexibility index (Phi) is 6.18. The lowest BCUT2D eigenvalue weighted by atomic mass is 10.2. The number of hydrogen-bond donors (Lipinski definition) is 2. The van der Waals surface area contributed by atoms with Crippen molar-refractivity contribution in [1.29, 1.82) is 0 Å². The summed E-state index contributed by atoms with van der Waals surface area (Å²) in [5.41, 5.74) is 2.24. The Morgan fingerprint density at radius 3 is 2.41 bits per heavy atom. The van der Waals surface area contributed by atoms with E-state index in [1.807, 2.05) is 25.1 Å². The van der Waals surface area contributed by atoms with E-state index in [-0.39, 0.29) is 16.3 Å². The van der Waals surface area contributed by atoms with Gasteiger partial charge in [-0.1, -0.05) is 11.6 Å². The first-order valence-corrected chi connectivity index (χ1v) is 10.5. The quantitative estimate of drug-likeness (QED) is 0.402. The highest BCUT2D eigenvalue weighted by Gasteiger charge is 2.17. The SMILES string of the molecule is Cc1cc(Nc2ccc(NC(=O)c3ccc([N+](=O)[O-])cc3Cl)cc2)nc(N2CCCC2)n1. The van der Waals surface area contributed by atoms with Gasteiger partial charge in [0.2, 0.25) is 5.95 Å². The van der Waals surface area contributed by atoms with Gasteiger partial charge >= 0.3 is 0 Å². The highest BCUT2D eigenvalue weighted by molar-refractivity contribution is 6.34. The van der Waals surface area contributed by atoms with Gasteiger partial charge in [0.05, 0.1) is 15.5 Å². The zero-order valence-corrected chi connectivity index (χ0v) is 18.1. The van der Waals surface area contributed by atoms with Crippen LogP contribution in [0.15, 0.2) is 48.5 Å². The van der Waals surface area contributed by atoms with E-state index in [4.69, 9.17) is 11.6 Å². The number of halogens is 1. The molecule has 0 saturated carbocycles. The lowest BCUT2D eigenvalue weighted by Gasteiger charge is -2.17. The van der Waals surface area contributed by atoms with Gasteiger partial charge < -0.3 is 15.5 Å². The number of nitrogens with one attached hydrogen (secondary N) is 2. The van der Waals surface area contributed by atoms with Crippen LogP contribution in [0.2, 0.25) is 5.02 Å². The average molecular weight is 453 g/mol. The number of carbonyl (C=O) groups is 1. The number of nitro groups is 1. The van der Waals surface area contributed by atoms with Crippen molar-refractivity contribution >= 4 is 46.3 Å². The standard InChI is InChI=1S/C22H21ClN6O3/c1-14-12-20(27-22(24-14)28-10-2-3-11-28)25-15-4-6-16(7-5-15)26-21(30)18-9-8-17(29(31)32)13-19(18)23/h4-9,12-13H,2-3,10-11H2,1H3,(H,26,30)(H,24,25,27). The predicted molar refractivity (Wildman–Crippen MR) is 124 cm³/mol. The maximum absolute atomic E-state index is 12.5. The van der Waals surface area contributed by atoms with Gasteiger partial charge in [-0.2, -0.15) is 4.98 Å². The topological polar surface area (TPSA) is 113 Å². The van der Waals surface area contributed by atoms with E-state index < -0.39 is 10.8 Å². The summed E-state index contributed by atoms with van der Waals surface area (Å²) >= 11 is 6.03. The van der Waals surface area contributed by atoms with Gasteiger partial charge in [-0.25, -0.2) is 4.98 Å². The molecule has 0 aliphatic carbocycles. The fraction of sp³-hybridized carbons (Fsp3) is 0.227. The molecule has 4 rings (SSSR count). The molecule has 2 N–H and O–H groups in total. The van der Waals surface area contributed by atoms with Crippen LogP contribution in [0.1, 0.15) is 28.9 Å². The average Bonchev–Trinajstić information content (AvgIpc) is 3.29. The first-order valence-electron chi connectivity index (χ1n) is 10.1. The van der Waals surface area contributed by atoms with Crippen LogP contribution in [0.5, 0.6) is 0 Å². The van der Waals surface area contributed by atoms with Crippen molar-refractivity contribution in [2.45, 2.75) is 19.8 Å². The van der Waals surface area contributed by atoms with E-state index in [1.54, 1.807) is 12.1 Å². The first-order chi connectivity index (χ1) is 15.4. The van der Waals surface area contributed by atoms with Gasteiger partial charge in [-0.15, -0.1) is 0 Å². The minimum absolute atomic E-state index is 0.0166. The zero-order valence-electron chi connectivity index (χ0n) is 17.3. The molecule has 164 valence electrons. The van der Waals surface area contributed by atoms with E-state index in [9.17, 15) is 14.9 Å². The fourth-order valence-corrected chi connectivity index (χ4v) is 3.72. The van der Waals surface area contributed by atoms with Crippen molar-refractivity contribution < 1.29 is 9.72 Å². The Balaban J connectivity index is 1.43. The largest absolute Gasteiger partial charge is 0.341 e. The van der Waals surface area contributed by atoms with Crippen LogP contribution in [-0.2, 0) is 0 Å². The number of nitro benzene ring substituents is 1. The number of aryl methyl sites for hydroxylation is 1. The normalized spacial score (nSPS) is 13.1. The fourth-order valence-electron chi connectivity index (χ4n) is 3.46. The van der Waals surface area contributed by atoms with E-state index in [1.165, 1.54) is 12.1 Å². The monoisotopic (exact) mass is 452 g/mol. The second-order valence-corrected chi connectivity index (χ2v) is 7.87. The molecule has 0 radical (unpaired) electrons. The Labute approximate surface area is 189 Å². The minimum atomic E-state index is -0.563. The van der Waals surface area contributed by atoms with Crippen molar-refractivity contribution in [2.75, 3.05) is 28.6 Å². The number of hydrogen-bond acceptors (Lipinski definition) is 7. The number of carbonyl (C=O) groups excluding carboxylic acids is 1. The van der Waals surface area contributed by atoms with Crippen molar-refractivity contribution in [2.24, 2.45) is 0 Å². The summed E-state index contributed by atoms with van der Waals surface area (Å²) in [5.74, 6) is 0.981. The number of benzene rings is 2. The Morgan fingerprint density at radius 1 is 1.06 bits per heavy atom. The number of rotatable bonds is 6. The molecule has 0 unspecified atom stereocenters. The molecule has 9 nitrogen and oxygen atoms in total. The second kappa shape index (κ2) is 9.19. The lowest BCUT2D eigenvalue weighted by Crippen LogP contribution is -2.21. The maximum atomic E-state index is 12.5. The van der Waals surface area contributed by atoms with E-state index in [2.05, 4.69) is 25.5 Å². The maximum Gasteiger partial charge on any atom is 0.270 e. The lowest BCUT2D eigenvalue weighted by molar-refractivity contribution is -0.384. The molecule has 1 amide bonds. The number of non-ortho nitro benzene ring substituents is 1.